The minimum absolute atomic E-state index is 0.0642. The first-order chi connectivity index (χ1) is 18.0. The van der Waals surface area contributed by atoms with Gasteiger partial charge in [-0.3, -0.25) is 4.79 Å². The van der Waals surface area contributed by atoms with E-state index >= 15 is 0 Å². The van der Waals surface area contributed by atoms with E-state index in [-0.39, 0.29) is 11.3 Å². The number of piperidine rings is 1. The van der Waals surface area contributed by atoms with Crippen molar-refractivity contribution in [1.29, 1.82) is 0 Å². The third-order valence-electron chi connectivity index (χ3n) is 8.17. The molecule has 1 amide bonds. The minimum Gasteiger partial charge on any atom is -0.342 e. The van der Waals surface area contributed by atoms with Crippen LogP contribution >= 0.6 is 23.2 Å². The molecule has 192 valence electrons. The van der Waals surface area contributed by atoms with Gasteiger partial charge >= 0.3 is 0 Å². The number of carbonyl (C=O) groups is 1. The Morgan fingerprint density at radius 3 is 2.46 bits per heavy atom. The molecule has 1 N–H and O–H groups in total. The molecule has 0 aromatic heterocycles. The maximum atomic E-state index is 12.9. The van der Waals surface area contributed by atoms with Crippen molar-refractivity contribution in [2.75, 3.05) is 26.7 Å². The normalized spacial score (nSPS) is 16.8. The number of carbonyl (C=O) groups excluding carboxylic acids is 1. The predicted molar refractivity (Wildman–Crippen MR) is 155 cm³/mol. The van der Waals surface area contributed by atoms with Gasteiger partial charge in [-0.2, -0.15) is 0 Å². The first kappa shape index (κ1) is 26.0. The summed E-state index contributed by atoms with van der Waals surface area (Å²) in [7, 11) is 1.89. The van der Waals surface area contributed by atoms with Gasteiger partial charge in [-0.15, -0.1) is 0 Å². The van der Waals surface area contributed by atoms with E-state index in [0.29, 0.717) is 22.5 Å². The average molecular weight is 534 g/mol. The largest absolute Gasteiger partial charge is 0.342 e. The van der Waals surface area contributed by atoms with Crippen LogP contribution in [0.1, 0.15) is 65.1 Å². The zero-order chi connectivity index (χ0) is 25.8. The third kappa shape index (κ3) is 5.50. The highest BCUT2D eigenvalue weighted by molar-refractivity contribution is 6.42. The molecule has 1 aliphatic carbocycles. The van der Waals surface area contributed by atoms with Gasteiger partial charge in [0.1, 0.15) is 0 Å². The Morgan fingerprint density at radius 1 is 0.973 bits per heavy atom. The number of hydrogen-bond donors (Lipinski definition) is 1. The van der Waals surface area contributed by atoms with E-state index in [1.165, 1.54) is 22.3 Å². The molecule has 1 fully saturated rings. The number of halogens is 2. The zero-order valence-electron chi connectivity index (χ0n) is 21.4. The Hall–Kier alpha value is -2.59. The van der Waals surface area contributed by atoms with Crippen LogP contribution in [-0.4, -0.2) is 37.5 Å². The van der Waals surface area contributed by atoms with Crippen LogP contribution in [0.2, 0.25) is 10.0 Å². The Balaban J connectivity index is 1.36. The SMILES string of the molecule is CN(CCCC(CC1=Cc2ccccc2C12CCNCC2)c1ccc(Cl)c(Cl)c1)C(=O)c1ccccc1. The lowest BCUT2D eigenvalue weighted by Crippen LogP contribution is -2.40. The van der Waals surface area contributed by atoms with E-state index in [9.17, 15) is 4.79 Å². The lowest BCUT2D eigenvalue weighted by molar-refractivity contribution is 0.0792. The molecule has 3 aromatic rings. The first-order valence-corrected chi connectivity index (χ1v) is 14.0. The Bertz CT molecular complexity index is 1280. The third-order valence-corrected chi connectivity index (χ3v) is 8.91. The van der Waals surface area contributed by atoms with Gasteiger partial charge in [-0.05, 0) is 92.1 Å². The van der Waals surface area contributed by atoms with Gasteiger partial charge in [0.25, 0.3) is 5.91 Å². The van der Waals surface area contributed by atoms with Gasteiger partial charge in [0, 0.05) is 24.6 Å². The van der Waals surface area contributed by atoms with Gasteiger partial charge in [0.2, 0.25) is 0 Å². The van der Waals surface area contributed by atoms with Crippen LogP contribution < -0.4 is 5.32 Å². The molecular formula is C32H34Cl2N2O. The molecule has 5 heteroatoms. The van der Waals surface area contributed by atoms with Crippen LogP contribution in [0.3, 0.4) is 0 Å². The minimum atomic E-state index is 0.0642. The lowest BCUT2D eigenvalue weighted by Gasteiger charge is -2.39. The van der Waals surface area contributed by atoms with E-state index in [4.69, 9.17) is 23.2 Å². The second-order valence-electron chi connectivity index (χ2n) is 10.4. The van der Waals surface area contributed by atoms with Crippen molar-refractivity contribution < 1.29 is 4.79 Å². The van der Waals surface area contributed by atoms with E-state index in [1.807, 2.05) is 54.4 Å². The van der Waals surface area contributed by atoms with Crippen molar-refractivity contribution in [3.63, 3.8) is 0 Å². The predicted octanol–water partition coefficient (Wildman–Crippen LogP) is 7.74. The molecule has 3 nitrogen and oxygen atoms in total. The average Bonchev–Trinajstić information content (AvgIpc) is 3.22. The first-order valence-electron chi connectivity index (χ1n) is 13.2. The second-order valence-corrected chi connectivity index (χ2v) is 11.2. The Kier molecular flexibility index (Phi) is 8.04. The summed E-state index contributed by atoms with van der Waals surface area (Å²) in [5.41, 5.74) is 6.42. The van der Waals surface area contributed by atoms with Gasteiger partial charge in [-0.1, -0.05) is 83.4 Å². The van der Waals surface area contributed by atoms with Crippen molar-refractivity contribution in [2.45, 2.75) is 43.4 Å². The summed E-state index contributed by atoms with van der Waals surface area (Å²) >= 11 is 12.8. The molecule has 1 saturated heterocycles. The van der Waals surface area contributed by atoms with Crippen molar-refractivity contribution in [3.05, 3.63) is 111 Å². The number of nitrogens with zero attached hydrogens (tertiary/aromatic N) is 1. The summed E-state index contributed by atoms with van der Waals surface area (Å²) in [6.45, 7) is 2.78. The highest BCUT2D eigenvalue weighted by atomic mass is 35.5. The second kappa shape index (κ2) is 11.4. The molecule has 1 aliphatic heterocycles. The summed E-state index contributed by atoms with van der Waals surface area (Å²) in [6, 6.07) is 24.5. The smallest absolute Gasteiger partial charge is 0.253 e. The van der Waals surface area contributed by atoms with E-state index in [1.54, 1.807) is 0 Å². The summed E-state index contributed by atoms with van der Waals surface area (Å²) < 4.78 is 0. The van der Waals surface area contributed by atoms with E-state index in [0.717, 1.165) is 50.8 Å². The number of allylic oxidation sites excluding steroid dienone is 1. The molecule has 0 bridgehead atoms. The van der Waals surface area contributed by atoms with Gasteiger partial charge in [0.05, 0.1) is 10.0 Å². The van der Waals surface area contributed by atoms with Crippen molar-refractivity contribution in [2.24, 2.45) is 0 Å². The van der Waals surface area contributed by atoms with Crippen LogP contribution in [0.4, 0.5) is 0 Å². The molecule has 0 saturated carbocycles. The van der Waals surface area contributed by atoms with Gasteiger partial charge in [0.15, 0.2) is 0 Å². The molecule has 0 radical (unpaired) electrons. The van der Waals surface area contributed by atoms with Crippen LogP contribution in [0.5, 0.6) is 0 Å². The molecule has 1 atom stereocenters. The Labute approximate surface area is 230 Å². The number of rotatable bonds is 8. The molecule has 37 heavy (non-hydrogen) atoms. The number of hydrogen-bond acceptors (Lipinski definition) is 2. The van der Waals surface area contributed by atoms with Crippen LogP contribution in [0.25, 0.3) is 6.08 Å². The fourth-order valence-corrected chi connectivity index (χ4v) is 6.46. The van der Waals surface area contributed by atoms with E-state index in [2.05, 4.69) is 41.7 Å². The van der Waals surface area contributed by atoms with Crippen LogP contribution in [0, 0.1) is 0 Å². The summed E-state index contributed by atoms with van der Waals surface area (Å²) in [5, 5.41) is 4.74. The lowest BCUT2D eigenvalue weighted by atomic mass is 9.68. The Morgan fingerprint density at radius 2 is 1.70 bits per heavy atom. The number of benzene rings is 3. The molecule has 5 rings (SSSR count). The fraction of sp³-hybridized carbons (Fsp3) is 0.344. The van der Waals surface area contributed by atoms with Gasteiger partial charge < -0.3 is 10.2 Å². The highest BCUT2D eigenvalue weighted by Crippen LogP contribution is 2.51. The number of amides is 1. The molecule has 1 heterocycles. The fourth-order valence-electron chi connectivity index (χ4n) is 6.15. The van der Waals surface area contributed by atoms with Crippen molar-refractivity contribution in [3.8, 4) is 0 Å². The van der Waals surface area contributed by atoms with E-state index < -0.39 is 0 Å². The highest BCUT2D eigenvalue weighted by Gasteiger charge is 2.42. The zero-order valence-corrected chi connectivity index (χ0v) is 22.9. The summed E-state index contributed by atoms with van der Waals surface area (Å²) in [5.74, 6) is 0.358. The monoisotopic (exact) mass is 532 g/mol. The quantitative estimate of drug-likeness (QED) is 0.321. The summed E-state index contributed by atoms with van der Waals surface area (Å²) in [6.07, 6.45) is 7.54. The van der Waals surface area contributed by atoms with Crippen LogP contribution in [0.15, 0.2) is 78.4 Å². The number of nitrogens with one attached hydrogen (secondary N) is 1. The maximum absolute atomic E-state index is 12.9. The summed E-state index contributed by atoms with van der Waals surface area (Å²) in [4.78, 5) is 14.7. The molecule has 1 spiro atoms. The number of fused-ring (bicyclic) bond motifs is 2. The topological polar surface area (TPSA) is 32.3 Å². The standard InChI is InChI=1S/C32H34Cl2N2O/c1-36(31(37)23-8-3-2-4-9-23)19-7-11-24(25-13-14-29(33)30(34)22-25)20-27-21-26-10-5-6-12-28(26)32(27)15-17-35-18-16-32/h2-6,8-10,12-14,21-22,24,35H,7,11,15-20H2,1H3. The molecular weight excluding hydrogens is 499 g/mol. The molecule has 2 aliphatic rings. The van der Waals surface area contributed by atoms with Gasteiger partial charge in [-0.25, -0.2) is 0 Å². The van der Waals surface area contributed by atoms with Crippen LogP contribution in [-0.2, 0) is 5.41 Å². The maximum Gasteiger partial charge on any atom is 0.253 e. The van der Waals surface area contributed by atoms with Crippen molar-refractivity contribution in [1.82, 2.24) is 10.2 Å². The van der Waals surface area contributed by atoms with Crippen molar-refractivity contribution >= 4 is 35.2 Å². The molecule has 1 unspecified atom stereocenters. The molecule has 3 aromatic carbocycles.